The van der Waals surface area contributed by atoms with E-state index in [1.54, 1.807) is 25.3 Å². The summed E-state index contributed by atoms with van der Waals surface area (Å²) in [5.74, 6) is 1.33. The molecule has 162 valence electrons. The van der Waals surface area contributed by atoms with E-state index >= 15 is 0 Å². The quantitative estimate of drug-likeness (QED) is 0.630. The van der Waals surface area contributed by atoms with Crippen molar-refractivity contribution in [2.45, 2.75) is 38.7 Å². The maximum atomic E-state index is 12.7. The van der Waals surface area contributed by atoms with E-state index in [4.69, 9.17) is 9.47 Å². The predicted octanol–water partition coefficient (Wildman–Crippen LogP) is 4.63. The number of carbonyl (C=O) groups excluding carboxylic acids is 1. The van der Waals surface area contributed by atoms with Crippen LogP contribution in [0.4, 0.5) is 11.4 Å². The Labute approximate surface area is 179 Å². The number of anilines is 2. The summed E-state index contributed by atoms with van der Waals surface area (Å²) in [4.78, 5) is 15.2. The van der Waals surface area contributed by atoms with Gasteiger partial charge < -0.3 is 25.0 Å². The molecule has 0 atom stereocenters. The van der Waals surface area contributed by atoms with Gasteiger partial charge in [0, 0.05) is 31.8 Å². The number of carbonyl (C=O) groups is 1. The van der Waals surface area contributed by atoms with E-state index in [0.717, 1.165) is 37.4 Å². The van der Waals surface area contributed by atoms with Gasteiger partial charge in [-0.15, -0.1) is 0 Å². The highest BCUT2D eigenvalue weighted by Gasteiger charge is 2.20. The third-order valence-electron chi connectivity index (χ3n) is 5.53. The maximum Gasteiger partial charge on any atom is 0.255 e. The molecular weight excluding hydrogens is 378 g/mol. The molecule has 1 heterocycles. The van der Waals surface area contributed by atoms with E-state index in [0.29, 0.717) is 17.0 Å². The largest absolute Gasteiger partial charge is 0.497 e. The Morgan fingerprint density at radius 2 is 1.77 bits per heavy atom. The molecule has 0 saturated carbocycles. The van der Waals surface area contributed by atoms with Crippen LogP contribution in [0.5, 0.6) is 11.5 Å². The van der Waals surface area contributed by atoms with Gasteiger partial charge in [0.1, 0.15) is 17.6 Å². The third-order valence-corrected chi connectivity index (χ3v) is 5.53. The number of methoxy groups -OCH3 is 1. The van der Waals surface area contributed by atoms with Crippen LogP contribution in [0.15, 0.2) is 42.5 Å². The molecule has 0 aliphatic carbocycles. The first kappa shape index (κ1) is 22.0. The van der Waals surface area contributed by atoms with E-state index in [9.17, 15) is 4.79 Å². The molecule has 2 N–H and O–H groups in total. The van der Waals surface area contributed by atoms with Gasteiger partial charge in [-0.2, -0.15) is 0 Å². The molecule has 0 unspecified atom stereocenters. The average molecular weight is 412 g/mol. The van der Waals surface area contributed by atoms with Crippen LogP contribution in [-0.4, -0.2) is 50.7 Å². The fraction of sp³-hybridized carbons (Fsp3) is 0.458. The van der Waals surface area contributed by atoms with Gasteiger partial charge in [-0.25, -0.2) is 0 Å². The van der Waals surface area contributed by atoms with Gasteiger partial charge in [-0.3, -0.25) is 4.79 Å². The van der Waals surface area contributed by atoms with Crippen molar-refractivity contribution >= 4 is 17.3 Å². The summed E-state index contributed by atoms with van der Waals surface area (Å²) in [5, 5.41) is 6.03. The molecule has 2 aromatic rings. The van der Waals surface area contributed by atoms with Crippen molar-refractivity contribution in [1.82, 2.24) is 4.90 Å². The van der Waals surface area contributed by atoms with Gasteiger partial charge >= 0.3 is 0 Å². The van der Waals surface area contributed by atoms with Crippen molar-refractivity contribution in [2.24, 2.45) is 0 Å². The van der Waals surface area contributed by atoms with E-state index in [2.05, 4.69) is 22.5 Å². The van der Waals surface area contributed by atoms with Crippen molar-refractivity contribution in [3.63, 3.8) is 0 Å². The van der Waals surface area contributed by atoms with Crippen LogP contribution in [0.25, 0.3) is 0 Å². The van der Waals surface area contributed by atoms with Crippen LogP contribution in [-0.2, 0) is 0 Å². The minimum Gasteiger partial charge on any atom is -0.497 e. The lowest BCUT2D eigenvalue weighted by molar-refractivity contribution is 0.0997. The zero-order chi connectivity index (χ0) is 21.3. The number of nitrogens with one attached hydrogen (secondary N) is 2. The summed E-state index contributed by atoms with van der Waals surface area (Å²) >= 11 is 0. The lowest BCUT2D eigenvalue weighted by Crippen LogP contribution is -2.38. The minimum atomic E-state index is -0.171. The highest BCUT2D eigenvalue weighted by molar-refractivity contribution is 6.06. The molecule has 0 bridgehead atoms. The molecule has 0 radical (unpaired) electrons. The smallest absolute Gasteiger partial charge is 0.255 e. The van der Waals surface area contributed by atoms with Crippen molar-refractivity contribution < 1.29 is 14.3 Å². The Hall–Kier alpha value is -2.73. The molecule has 1 fully saturated rings. The topological polar surface area (TPSA) is 62.8 Å². The summed E-state index contributed by atoms with van der Waals surface area (Å²) in [6.45, 7) is 5.62. The second-order valence-electron chi connectivity index (χ2n) is 7.65. The summed E-state index contributed by atoms with van der Waals surface area (Å²) in [6.07, 6.45) is 4.85. The summed E-state index contributed by atoms with van der Waals surface area (Å²) in [6, 6.07) is 12.9. The number of amides is 1. The molecule has 6 nitrogen and oxygen atoms in total. The highest BCUT2D eigenvalue weighted by atomic mass is 16.5. The Balaban J connectivity index is 1.55. The van der Waals surface area contributed by atoms with Gasteiger partial charge in [-0.1, -0.05) is 13.3 Å². The van der Waals surface area contributed by atoms with E-state index in [1.165, 1.54) is 19.4 Å². The number of hydrogen-bond acceptors (Lipinski definition) is 5. The number of benzene rings is 2. The zero-order valence-corrected chi connectivity index (χ0v) is 18.2. The standard InChI is InChI=1S/C24H33N3O3/c1-4-5-14-27-15-12-20(13-16-27)30-19-8-6-18(7-9-19)24(28)26-23-17-21(29-3)10-11-22(23)25-2/h6-11,17,20,25H,4-5,12-16H2,1-3H3,(H,26,28). The average Bonchev–Trinajstić information content (AvgIpc) is 2.79. The molecule has 1 aliphatic heterocycles. The van der Waals surface area contributed by atoms with Crippen LogP contribution >= 0.6 is 0 Å². The molecule has 0 spiro atoms. The minimum absolute atomic E-state index is 0.171. The highest BCUT2D eigenvalue weighted by Crippen LogP contribution is 2.27. The van der Waals surface area contributed by atoms with E-state index in [1.807, 2.05) is 31.3 Å². The SMILES string of the molecule is CCCCN1CCC(Oc2ccc(C(=O)Nc3cc(OC)ccc3NC)cc2)CC1. The number of hydrogen-bond donors (Lipinski definition) is 2. The monoisotopic (exact) mass is 411 g/mol. The molecule has 3 rings (SSSR count). The fourth-order valence-electron chi connectivity index (χ4n) is 3.68. The van der Waals surface area contributed by atoms with Crippen LogP contribution in [0.3, 0.4) is 0 Å². The molecule has 2 aromatic carbocycles. The van der Waals surface area contributed by atoms with Gasteiger partial charge in [0.25, 0.3) is 5.91 Å². The summed E-state index contributed by atoms with van der Waals surface area (Å²) < 4.78 is 11.4. The Morgan fingerprint density at radius 3 is 2.40 bits per heavy atom. The first-order valence-electron chi connectivity index (χ1n) is 10.8. The second-order valence-corrected chi connectivity index (χ2v) is 7.65. The van der Waals surface area contributed by atoms with Gasteiger partial charge in [0.05, 0.1) is 18.5 Å². The maximum absolute atomic E-state index is 12.7. The van der Waals surface area contributed by atoms with Gasteiger partial charge in [-0.05, 0) is 62.2 Å². The third kappa shape index (κ3) is 5.89. The first-order chi connectivity index (χ1) is 14.6. The number of ether oxygens (including phenoxy) is 2. The number of nitrogens with zero attached hydrogens (tertiary/aromatic N) is 1. The number of likely N-dealkylation sites (tertiary alicyclic amines) is 1. The molecule has 1 amide bonds. The Bertz CT molecular complexity index is 815. The molecular formula is C24H33N3O3. The Kier molecular flexibility index (Phi) is 7.97. The predicted molar refractivity (Wildman–Crippen MR) is 122 cm³/mol. The Morgan fingerprint density at radius 1 is 1.07 bits per heavy atom. The summed E-state index contributed by atoms with van der Waals surface area (Å²) in [5.41, 5.74) is 2.09. The summed E-state index contributed by atoms with van der Waals surface area (Å²) in [7, 11) is 3.42. The molecule has 1 saturated heterocycles. The van der Waals surface area contributed by atoms with E-state index < -0.39 is 0 Å². The lowest BCUT2D eigenvalue weighted by atomic mass is 10.1. The van der Waals surface area contributed by atoms with Crippen LogP contribution < -0.4 is 20.1 Å². The van der Waals surface area contributed by atoms with Crippen LogP contribution in [0, 0.1) is 0 Å². The molecule has 0 aromatic heterocycles. The van der Waals surface area contributed by atoms with Crippen molar-refractivity contribution in [3.05, 3.63) is 48.0 Å². The van der Waals surface area contributed by atoms with E-state index in [-0.39, 0.29) is 12.0 Å². The fourth-order valence-corrected chi connectivity index (χ4v) is 3.68. The van der Waals surface area contributed by atoms with Crippen LogP contribution in [0.2, 0.25) is 0 Å². The molecule has 6 heteroatoms. The van der Waals surface area contributed by atoms with Crippen molar-refractivity contribution in [2.75, 3.05) is 44.4 Å². The number of rotatable bonds is 9. The van der Waals surface area contributed by atoms with Crippen molar-refractivity contribution in [3.8, 4) is 11.5 Å². The number of piperidine rings is 1. The zero-order valence-electron chi connectivity index (χ0n) is 18.2. The van der Waals surface area contributed by atoms with Crippen LogP contribution in [0.1, 0.15) is 43.0 Å². The molecule has 1 aliphatic rings. The van der Waals surface area contributed by atoms with Gasteiger partial charge in [0.2, 0.25) is 0 Å². The molecule has 30 heavy (non-hydrogen) atoms. The number of unbranched alkanes of at least 4 members (excludes halogenated alkanes) is 1. The first-order valence-corrected chi connectivity index (χ1v) is 10.8. The normalized spacial score (nSPS) is 14.9. The van der Waals surface area contributed by atoms with Crippen molar-refractivity contribution in [1.29, 1.82) is 0 Å². The lowest BCUT2D eigenvalue weighted by Gasteiger charge is -2.32. The second kappa shape index (κ2) is 10.9. The van der Waals surface area contributed by atoms with Gasteiger partial charge in [0.15, 0.2) is 0 Å².